The summed E-state index contributed by atoms with van der Waals surface area (Å²) in [4.78, 5) is 8.70. The van der Waals surface area contributed by atoms with Gasteiger partial charge in [0.2, 0.25) is 5.88 Å². The highest BCUT2D eigenvalue weighted by Gasteiger charge is 2.13. The second-order valence-corrected chi connectivity index (χ2v) is 5.15. The smallest absolute Gasteiger partial charge is 0.227 e. The number of benzene rings is 1. The molecular formula is C16H19ClN2O2. The van der Waals surface area contributed by atoms with Gasteiger partial charge < -0.3 is 9.84 Å². The summed E-state index contributed by atoms with van der Waals surface area (Å²) in [6.07, 6.45) is 2.24. The van der Waals surface area contributed by atoms with Gasteiger partial charge in [-0.15, -0.1) is 0 Å². The van der Waals surface area contributed by atoms with E-state index in [4.69, 9.17) is 21.4 Å². The van der Waals surface area contributed by atoms with Crippen LogP contribution in [0.25, 0.3) is 0 Å². The number of ether oxygens (including phenoxy) is 1. The Morgan fingerprint density at radius 2 is 1.95 bits per heavy atom. The Morgan fingerprint density at radius 1 is 1.19 bits per heavy atom. The van der Waals surface area contributed by atoms with Gasteiger partial charge in [0.25, 0.3) is 0 Å². The van der Waals surface area contributed by atoms with E-state index in [2.05, 4.69) is 16.9 Å². The zero-order chi connectivity index (χ0) is 15.2. The fourth-order valence-electron chi connectivity index (χ4n) is 1.98. The molecular weight excluding hydrogens is 288 g/mol. The maximum atomic E-state index is 9.12. The molecule has 0 bridgehead atoms. The summed E-state index contributed by atoms with van der Waals surface area (Å²) >= 11 is 6.15. The molecule has 0 saturated heterocycles. The van der Waals surface area contributed by atoms with E-state index in [1.807, 2.05) is 31.2 Å². The van der Waals surface area contributed by atoms with Crippen LogP contribution in [0.1, 0.15) is 30.3 Å². The van der Waals surface area contributed by atoms with E-state index >= 15 is 0 Å². The van der Waals surface area contributed by atoms with E-state index < -0.39 is 0 Å². The van der Waals surface area contributed by atoms with Crippen LogP contribution in [0.4, 0.5) is 0 Å². The van der Waals surface area contributed by atoms with Crippen LogP contribution in [-0.4, -0.2) is 21.7 Å². The van der Waals surface area contributed by atoms with Gasteiger partial charge in [-0.25, -0.2) is 4.98 Å². The Morgan fingerprint density at radius 3 is 2.67 bits per heavy atom. The molecule has 0 aliphatic carbocycles. The maximum Gasteiger partial charge on any atom is 0.227 e. The summed E-state index contributed by atoms with van der Waals surface area (Å²) in [6.45, 7) is 3.97. The number of nitrogens with zero attached hydrogens (tertiary/aromatic N) is 2. The van der Waals surface area contributed by atoms with Gasteiger partial charge in [0, 0.05) is 18.6 Å². The van der Waals surface area contributed by atoms with Crippen molar-refractivity contribution in [3.63, 3.8) is 0 Å². The van der Waals surface area contributed by atoms with Gasteiger partial charge in [-0.2, -0.15) is 4.98 Å². The Kier molecular flexibility index (Phi) is 5.53. The molecule has 0 amide bonds. The largest absolute Gasteiger partial charge is 0.438 e. The van der Waals surface area contributed by atoms with E-state index in [1.54, 1.807) is 0 Å². The van der Waals surface area contributed by atoms with Crippen molar-refractivity contribution in [3.8, 4) is 11.6 Å². The molecule has 1 N–H and O–H groups in total. The number of aliphatic hydroxyl groups is 1. The monoisotopic (exact) mass is 306 g/mol. The van der Waals surface area contributed by atoms with Crippen molar-refractivity contribution in [3.05, 3.63) is 46.4 Å². The van der Waals surface area contributed by atoms with E-state index in [-0.39, 0.29) is 6.61 Å². The van der Waals surface area contributed by atoms with E-state index in [9.17, 15) is 0 Å². The number of hydrogen-bond acceptors (Lipinski definition) is 4. The fraction of sp³-hybridized carbons (Fsp3) is 0.375. The molecule has 2 rings (SSSR count). The Labute approximate surface area is 129 Å². The second kappa shape index (κ2) is 7.38. The topological polar surface area (TPSA) is 55.2 Å². The molecule has 5 heteroatoms. The lowest BCUT2D eigenvalue weighted by atomic mass is 10.1. The first-order chi connectivity index (χ1) is 10.2. The number of aryl methyl sites for hydroxylation is 1. The van der Waals surface area contributed by atoms with Gasteiger partial charge in [0.05, 0.1) is 0 Å². The van der Waals surface area contributed by atoms with E-state index in [0.29, 0.717) is 29.0 Å². The summed E-state index contributed by atoms with van der Waals surface area (Å²) in [7, 11) is 0. The molecule has 112 valence electrons. The van der Waals surface area contributed by atoms with Crippen LogP contribution in [-0.2, 0) is 12.8 Å². The van der Waals surface area contributed by atoms with Gasteiger partial charge in [-0.1, -0.05) is 36.7 Å². The normalized spacial score (nSPS) is 10.7. The van der Waals surface area contributed by atoms with Crippen LogP contribution < -0.4 is 4.74 Å². The molecule has 0 fully saturated rings. The summed E-state index contributed by atoms with van der Waals surface area (Å²) in [5.41, 5.74) is 1.65. The SMILES string of the molecule is CCCc1nc(Cl)c(C)c(Oc2ccccc2CCO)n1. The third-order valence-electron chi connectivity index (χ3n) is 3.12. The zero-order valence-corrected chi connectivity index (χ0v) is 13.0. The maximum absolute atomic E-state index is 9.12. The summed E-state index contributed by atoms with van der Waals surface area (Å²) in [5.74, 6) is 1.85. The minimum absolute atomic E-state index is 0.0744. The number of hydrogen-bond donors (Lipinski definition) is 1. The highest BCUT2D eigenvalue weighted by Crippen LogP contribution is 2.29. The molecule has 0 atom stereocenters. The van der Waals surface area contributed by atoms with Crippen molar-refractivity contribution in [1.29, 1.82) is 0 Å². The predicted octanol–water partition coefficient (Wildman–Crippen LogP) is 3.72. The average Bonchev–Trinajstić information content (AvgIpc) is 2.47. The third kappa shape index (κ3) is 3.93. The number of halogens is 1. The van der Waals surface area contributed by atoms with Crippen LogP contribution in [0, 0.1) is 6.92 Å². The Balaban J connectivity index is 2.34. The molecule has 0 spiro atoms. The minimum atomic E-state index is 0.0744. The summed E-state index contributed by atoms with van der Waals surface area (Å²) in [5, 5.41) is 9.54. The highest BCUT2D eigenvalue weighted by atomic mass is 35.5. The molecule has 0 radical (unpaired) electrons. The molecule has 1 heterocycles. The number of aromatic nitrogens is 2. The van der Waals surface area contributed by atoms with Gasteiger partial charge in [-0.3, -0.25) is 0 Å². The van der Waals surface area contributed by atoms with Gasteiger partial charge in [-0.05, 0) is 31.4 Å². The molecule has 1 aromatic heterocycles. The van der Waals surface area contributed by atoms with Gasteiger partial charge in [0.1, 0.15) is 16.7 Å². The van der Waals surface area contributed by atoms with Crippen molar-refractivity contribution in [2.24, 2.45) is 0 Å². The Bertz CT molecular complexity index is 617. The van der Waals surface area contributed by atoms with Gasteiger partial charge in [0.15, 0.2) is 0 Å². The van der Waals surface area contributed by atoms with Crippen LogP contribution in [0.2, 0.25) is 5.15 Å². The van der Waals surface area contributed by atoms with Crippen molar-refractivity contribution in [1.82, 2.24) is 9.97 Å². The minimum Gasteiger partial charge on any atom is -0.438 e. The first kappa shape index (κ1) is 15.7. The number of rotatable bonds is 6. The molecule has 0 saturated carbocycles. The van der Waals surface area contributed by atoms with Crippen LogP contribution in [0.3, 0.4) is 0 Å². The highest BCUT2D eigenvalue weighted by molar-refractivity contribution is 6.30. The lowest BCUT2D eigenvalue weighted by molar-refractivity contribution is 0.297. The van der Waals surface area contributed by atoms with E-state index in [0.717, 1.165) is 24.0 Å². The van der Waals surface area contributed by atoms with Crippen LogP contribution in [0.5, 0.6) is 11.6 Å². The Hall–Kier alpha value is -1.65. The first-order valence-electron chi connectivity index (χ1n) is 7.05. The van der Waals surface area contributed by atoms with Crippen molar-refractivity contribution < 1.29 is 9.84 Å². The molecule has 0 unspecified atom stereocenters. The lowest BCUT2D eigenvalue weighted by Crippen LogP contribution is -2.02. The average molecular weight is 307 g/mol. The standard InChI is InChI=1S/C16H19ClN2O2/c1-3-6-14-18-15(17)11(2)16(19-14)21-13-8-5-4-7-12(13)9-10-20/h4-5,7-8,20H,3,6,9-10H2,1-2H3. The van der Waals surface area contributed by atoms with Crippen molar-refractivity contribution >= 4 is 11.6 Å². The third-order valence-corrected chi connectivity index (χ3v) is 3.49. The number of para-hydroxylation sites is 1. The molecule has 0 aliphatic heterocycles. The van der Waals surface area contributed by atoms with Crippen LogP contribution in [0.15, 0.2) is 24.3 Å². The first-order valence-corrected chi connectivity index (χ1v) is 7.43. The molecule has 1 aromatic carbocycles. The van der Waals surface area contributed by atoms with Crippen molar-refractivity contribution in [2.75, 3.05) is 6.61 Å². The van der Waals surface area contributed by atoms with Gasteiger partial charge >= 0.3 is 0 Å². The zero-order valence-electron chi connectivity index (χ0n) is 12.3. The van der Waals surface area contributed by atoms with Crippen LogP contribution >= 0.6 is 11.6 Å². The summed E-state index contributed by atoms with van der Waals surface area (Å²) in [6, 6.07) is 7.60. The lowest BCUT2D eigenvalue weighted by Gasteiger charge is -2.13. The molecule has 2 aromatic rings. The molecule has 0 aliphatic rings. The fourth-order valence-corrected chi connectivity index (χ4v) is 2.16. The number of aliphatic hydroxyl groups excluding tert-OH is 1. The molecule has 4 nitrogen and oxygen atoms in total. The molecule has 21 heavy (non-hydrogen) atoms. The summed E-state index contributed by atoms with van der Waals surface area (Å²) < 4.78 is 5.91. The van der Waals surface area contributed by atoms with Crippen molar-refractivity contribution in [2.45, 2.75) is 33.1 Å². The second-order valence-electron chi connectivity index (χ2n) is 4.79. The predicted molar refractivity (Wildman–Crippen MR) is 83.1 cm³/mol. The van der Waals surface area contributed by atoms with E-state index in [1.165, 1.54) is 0 Å². The quantitative estimate of drug-likeness (QED) is 0.826.